The van der Waals surface area contributed by atoms with Crippen LogP contribution in [0, 0.1) is 13.8 Å². The molecule has 28 heavy (non-hydrogen) atoms. The van der Waals surface area contributed by atoms with E-state index in [4.69, 9.17) is 0 Å². The SMILES string of the molecule is Cc1cccc(NS(=O)(=O)c2ccc(C)c(C(=O)NN3CCN(C)CC3)c2)c1. The number of piperazine rings is 1. The van der Waals surface area contributed by atoms with E-state index >= 15 is 0 Å². The Labute approximate surface area is 166 Å². The molecular formula is C20H26N4O3S. The van der Waals surface area contributed by atoms with E-state index in [9.17, 15) is 13.2 Å². The number of hydrogen-bond donors (Lipinski definition) is 2. The van der Waals surface area contributed by atoms with Crippen LogP contribution in [0.25, 0.3) is 0 Å². The fourth-order valence-corrected chi connectivity index (χ4v) is 4.13. The van der Waals surface area contributed by atoms with Crippen LogP contribution in [-0.2, 0) is 10.0 Å². The molecule has 1 heterocycles. The lowest BCUT2D eigenvalue weighted by atomic mass is 10.1. The van der Waals surface area contributed by atoms with E-state index in [-0.39, 0.29) is 10.8 Å². The number of aryl methyl sites for hydroxylation is 2. The van der Waals surface area contributed by atoms with Crippen molar-refractivity contribution in [3.05, 3.63) is 59.2 Å². The summed E-state index contributed by atoms with van der Waals surface area (Å²) in [6.07, 6.45) is 0. The molecule has 1 saturated heterocycles. The van der Waals surface area contributed by atoms with Crippen LogP contribution in [0.15, 0.2) is 47.4 Å². The molecule has 0 bridgehead atoms. The fraction of sp³-hybridized carbons (Fsp3) is 0.350. The van der Waals surface area contributed by atoms with Gasteiger partial charge >= 0.3 is 0 Å². The van der Waals surface area contributed by atoms with E-state index in [0.717, 1.165) is 37.3 Å². The Morgan fingerprint density at radius 1 is 1.00 bits per heavy atom. The largest absolute Gasteiger partial charge is 0.304 e. The first-order chi connectivity index (χ1) is 13.2. The molecule has 0 spiro atoms. The summed E-state index contributed by atoms with van der Waals surface area (Å²) in [6.45, 7) is 6.89. The van der Waals surface area contributed by atoms with E-state index in [1.165, 1.54) is 12.1 Å². The van der Waals surface area contributed by atoms with Gasteiger partial charge in [0.05, 0.1) is 4.90 Å². The zero-order valence-electron chi connectivity index (χ0n) is 16.4. The second-order valence-electron chi connectivity index (χ2n) is 7.18. The molecule has 0 saturated carbocycles. The van der Waals surface area contributed by atoms with Gasteiger partial charge in [-0.1, -0.05) is 18.2 Å². The molecule has 1 fully saturated rings. The van der Waals surface area contributed by atoms with Gasteiger partial charge in [0.15, 0.2) is 0 Å². The summed E-state index contributed by atoms with van der Waals surface area (Å²) >= 11 is 0. The number of hydrogen-bond acceptors (Lipinski definition) is 5. The minimum absolute atomic E-state index is 0.0585. The summed E-state index contributed by atoms with van der Waals surface area (Å²) in [5, 5.41) is 1.87. The molecule has 1 aliphatic heterocycles. The van der Waals surface area contributed by atoms with Crippen molar-refractivity contribution in [2.75, 3.05) is 37.9 Å². The highest BCUT2D eigenvalue weighted by atomic mass is 32.2. The van der Waals surface area contributed by atoms with Gasteiger partial charge in [0.2, 0.25) is 0 Å². The minimum atomic E-state index is -3.79. The van der Waals surface area contributed by atoms with Crippen LogP contribution in [0.3, 0.4) is 0 Å². The molecule has 1 aliphatic rings. The van der Waals surface area contributed by atoms with Crippen molar-refractivity contribution < 1.29 is 13.2 Å². The molecule has 7 nitrogen and oxygen atoms in total. The summed E-state index contributed by atoms with van der Waals surface area (Å²) < 4.78 is 28.1. The van der Waals surface area contributed by atoms with Gasteiger partial charge in [-0.3, -0.25) is 14.9 Å². The highest BCUT2D eigenvalue weighted by Crippen LogP contribution is 2.20. The maximum Gasteiger partial charge on any atom is 0.265 e. The van der Waals surface area contributed by atoms with Crippen LogP contribution >= 0.6 is 0 Å². The number of likely N-dealkylation sites (N-methyl/N-ethyl adjacent to an activating group) is 1. The number of nitrogens with zero attached hydrogens (tertiary/aromatic N) is 2. The molecule has 0 aliphatic carbocycles. The third kappa shape index (κ3) is 4.89. The predicted molar refractivity (Wildman–Crippen MR) is 110 cm³/mol. The van der Waals surface area contributed by atoms with Gasteiger partial charge in [0.25, 0.3) is 15.9 Å². The smallest absolute Gasteiger partial charge is 0.265 e. The number of nitrogens with one attached hydrogen (secondary N) is 2. The lowest BCUT2D eigenvalue weighted by molar-refractivity contribution is 0.0661. The number of anilines is 1. The number of carbonyl (C=O) groups is 1. The van der Waals surface area contributed by atoms with Crippen molar-refractivity contribution in [3.63, 3.8) is 0 Å². The summed E-state index contributed by atoms with van der Waals surface area (Å²) in [6, 6.07) is 11.7. The Balaban J connectivity index is 1.79. The van der Waals surface area contributed by atoms with Crippen molar-refractivity contribution in [2.24, 2.45) is 0 Å². The Hall–Kier alpha value is -2.42. The van der Waals surface area contributed by atoms with Crippen LogP contribution in [0.4, 0.5) is 5.69 Å². The highest BCUT2D eigenvalue weighted by molar-refractivity contribution is 7.92. The van der Waals surface area contributed by atoms with E-state index in [0.29, 0.717) is 11.3 Å². The third-order valence-electron chi connectivity index (χ3n) is 4.80. The van der Waals surface area contributed by atoms with Crippen molar-refractivity contribution in [1.29, 1.82) is 0 Å². The number of carbonyl (C=O) groups excluding carboxylic acids is 1. The fourth-order valence-electron chi connectivity index (χ4n) is 3.06. The molecule has 0 aromatic heterocycles. The molecule has 2 aromatic carbocycles. The molecule has 0 radical (unpaired) electrons. The van der Waals surface area contributed by atoms with E-state index < -0.39 is 10.0 Å². The number of benzene rings is 2. The molecule has 2 aromatic rings. The molecule has 150 valence electrons. The van der Waals surface area contributed by atoms with Crippen LogP contribution < -0.4 is 10.1 Å². The maximum absolute atomic E-state index is 12.8. The number of rotatable bonds is 5. The van der Waals surface area contributed by atoms with Gasteiger partial charge in [-0.15, -0.1) is 0 Å². The van der Waals surface area contributed by atoms with Crippen LogP contribution in [0.2, 0.25) is 0 Å². The standard InChI is InChI=1S/C20H26N4O3S/c1-15-5-4-6-17(13-15)22-28(26,27)18-8-7-16(2)19(14-18)20(25)21-24-11-9-23(3)10-12-24/h4-8,13-14,22H,9-12H2,1-3H3,(H,21,25). The average molecular weight is 403 g/mol. The van der Waals surface area contributed by atoms with Gasteiger partial charge in [-0.05, 0) is 56.3 Å². The second-order valence-corrected chi connectivity index (χ2v) is 8.87. The van der Waals surface area contributed by atoms with Gasteiger partial charge in [-0.2, -0.15) is 0 Å². The summed E-state index contributed by atoms with van der Waals surface area (Å²) in [7, 11) is -1.75. The molecule has 1 amide bonds. The zero-order chi connectivity index (χ0) is 20.3. The van der Waals surface area contributed by atoms with Crippen molar-refractivity contribution in [3.8, 4) is 0 Å². The summed E-state index contributed by atoms with van der Waals surface area (Å²) in [5.41, 5.74) is 5.41. The predicted octanol–water partition coefficient (Wildman–Crippen LogP) is 2.00. The third-order valence-corrected chi connectivity index (χ3v) is 6.18. The van der Waals surface area contributed by atoms with Crippen molar-refractivity contribution in [1.82, 2.24) is 15.3 Å². The Kier molecular flexibility index (Phi) is 6.02. The Bertz CT molecular complexity index is 967. The Morgan fingerprint density at radius 2 is 1.71 bits per heavy atom. The first-order valence-electron chi connectivity index (χ1n) is 9.19. The first-order valence-corrected chi connectivity index (χ1v) is 10.7. The van der Waals surface area contributed by atoms with Crippen LogP contribution in [0.5, 0.6) is 0 Å². The molecule has 8 heteroatoms. The minimum Gasteiger partial charge on any atom is -0.304 e. The zero-order valence-corrected chi connectivity index (χ0v) is 17.2. The quantitative estimate of drug-likeness (QED) is 0.799. The number of amides is 1. The topological polar surface area (TPSA) is 81.7 Å². The van der Waals surface area contributed by atoms with E-state index in [1.54, 1.807) is 31.2 Å². The van der Waals surface area contributed by atoms with Gasteiger partial charge in [0, 0.05) is 37.4 Å². The highest BCUT2D eigenvalue weighted by Gasteiger charge is 2.21. The van der Waals surface area contributed by atoms with Crippen molar-refractivity contribution in [2.45, 2.75) is 18.7 Å². The number of hydrazine groups is 1. The van der Waals surface area contributed by atoms with Crippen LogP contribution in [-0.4, -0.2) is 57.5 Å². The maximum atomic E-state index is 12.8. The van der Waals surface area contributed by atoms with Crippen molar-refractivity contribution >= 4 is 21.6 Å². The lowest BCUT2D eigenvalue weighted by Crippen LogP contribution is -2.52. The van der Waals surface area contributed by atoms with Gasteiger partial charge in [-0.25, -0.2) is 13.4 Å². The Morgan fingerprint density at radius 3 is 2.39 bits per heavy atom. The second kappa shape index (κ2) is 8.30. The molecular weight excluding hydrogens is 376 g/mol. The van der Waals surface area contributed by atoms with Gasteiger partial charge in [0.1, 0.15) is 0 Å². The first kappa shape index (κ1) is 20.3. The van der Waals surface area contributed by atoms with E-state index in [2.05, 4.69) is 15.0 Å². The average Bonchev–Trinajstić information content (AvgIpc) is 2.63. The lowest BCUT2D eigenvalue weighted by Gasteiger charge is -2.32. The monoisotopic (exact) mass is 402 g/mol. The molecule has 0 unspecified atom stereocenters. The molecule has 2 N–H and O–H groups in total. The van der Waals surface area contributed by atoms with E-state index in [1.807, 2.05) is 25.0 Å². The summed E-state index contributed by atoms with van der Waals surface area (Å²) in [4.78, 5) is 15.0. The normalized spacial score (nSPS) is 16.0. The molecule has 3 rings (SSSR count). The number of sulfonamides is 1. The van der Waals surface area contributed by atoms with Gasteiger partial charge < -0.3 is 4.90 Å². The molecule has 0 atom stereocenters. The van der Waals surface area contributed by atoms with Crippen LogP contribution in [0.1, 0.15) is 21.5 Å². The summed E-state index contributed by atoms with van der Waals surface area (Å²) in [5.74, 6) is -0.297.